The minimum Gasteiger partial charge on any atom is -0.492 e. The molecule has 0 bridgehead atoms. The van der Waals surface area contributed by atoms with Gasteiger partial charge in [0.05, 0.1) is 12.3 Å². The van der Waals surface area contributed by atoms with Crippen LogP contribution in [0.15, 0.2) is 22.7 Å². The Morgan fingerprint density at radius 1 is 1.42 bits per heavy atom. The fourth-order valence-corrected chi connectivity index (χ4v) is 1.85. The molecule has 6 heteroatoms. The summed E-state index contributed by atoms with van der Waals surface area (Å²) in [6, 6.07) is 5.57. The van der Waals surface area contributed by atoms with Crippen molar-refractivity contribution in [1.29, 1.82) is 0 Å². The lowest BCUT2D eigenvalue weighted by molar-refractivity contribution is -0.116. The van der Waals surface area contributed by atoms with Crippen molar-refractivity contribution in [2.24, 2.45) is 0 Å². The standard InChI is InChI=1S/C13H19BrN2O2.ClH/c1-3-18-12-9-10(14)6-7-11(12)16-13(17)5-4-8-15-2;/h6-7,9,15H,3-5,8H2,1-2H3,(H,16,17);1H. The second-order valence-corrected chi connectivity index (χ2v) is 4.74. The van der Waals surface area contributed by atoms with E-state index in [-0.39, 0.29) is 18.3 Å². The first kappa shape index (κ1) is 18.2. The monoisotopic (exact) mass is 350 g/mol. The van der Waals surface area contributed by atoms with Crippen LogP contribution in [-0.2, 0) is 4.79 Å². The zero-order valence-corrected chi connectivity index (χ0v) is 13.6. The van der Waals surface area contributed by atoms with Gasteiger partial charge in [-0.05, 0) is 45.1 Å². The Kier molecular flexibility index (Phi) is 9.65. The Labute approximate surface area is 128 Å². The smallest absolute Gasteiger partial charge is 0.224 e. The summed E-state index contributed by atoms with van der Waals surface area (Å²) in [7, 11) is 1.87. The predicted octanol–water partition coefficient (Wildman–Crippen LogP) is 3.21. The van der Waals surface area contributed by atoms with Gasteiger partial charge in [0, 0.05) is 10.9 Å². The predicted molar refractivity (Wildman–Crippen MR) is 84.3 cm³/mol. The average Bonchev–Trinajstić information content (AvgIpc) is 2.33. The summed E-state index contributed by atoms with van der Waals surface area (Å²) in [5.74, 6) is 0.697. The number of ether oxygens (including phenoxy) is 1. The number of nitrogens with one attached hydrogen (secondary N) is 2. The highest BCUT2D eigenvalue weighted by atomic mass is 79.9. The number of carbonyl (C=O) groups is 1. The topological polar surface area (TPSA) is 50.4 Å². The van der Waals surface area contributed by atoms with Crippen molar-refractivity contribution in [3.05, 3.63) is 22.7 Å². The molecule has 1 aromatic rings. The molecule has 0 atom stereocenters. The highest BCUT2D eigenvalue weighted by Crippen LogP contribution is 2.28. The number of halogens is 2. The number of amides is 1. The van der Waals surface area contributed by atoms with Crippen molar-refractivity contribution in [2.45, 2.75) is 19.8 Å². The van der Waals surface area contributed by atoms with Crippen LogP contribution in [-0.4, -0.2) is 26.1 Å². The second kappa shape index (κ2) is 10.1. The molecule has 0 fully saturated rings. The number of benzene rings is 1. The number of hydrogen-bond acceptors (Lipinski definition) is 3. The third-order valence-electron chi connectivity index (χ3n) is 2.35. The quantitative estimate of drug-likeness (QED) is 0.742. The van der Waals surface area contributed by atoms with Crippen molar-refractivity contribution in [3.8, 4) is 5.75 Å². The van der Waals surface area contributed by atoms with Gasteiger partial charge in [0.15, 0.2) is 0 Å². The van der Waals surface area contributed by atoms with Crippen LogP contribution in [0.25, 0.3) is 0 Å². The molecule has 0 spiro atoms. The Hall–Kier alpha value is -0.780. The molecule has 2 N–H and O–H groups in total. The molecule has 0 radical (unpaired) electrons. The van der Waals surface area contributed by atoms with E-state index >= 15 is 0 Å². The average molecular weight is 352 g/mol. The van der Waals surface area contributed by atoms with Crippen LogP contribution in [0, 0.1) is 0 Å². The van der Waals surface area contributed by atoms with E-state index in [1.165, 1.54) is 0 Å². The summed E-state index contributed by atoms with van der Waals surface area (Å²) in [5.41, 5.74) is 0.717. The summed E-state index contributed by atoms with van der Waals surface area (Å²) in [4.78, 5) is 11.7. The molecule has 0 aliphatic heterocycles. The van der Waals surface area contributed by atoms with Gasteiger partial charge in [0.2, 0.25) is 5.91 Å². The van der Waals surface area contributed by atoms with Gasteiger partial charge in [0.25, 0.3) is 0 Å². The molecule has 108 valence electrons. The molecule has 1 rings (SSSR count). The molecule has 0 aromatic heterocycles. The van der Waals surface area contributed by atoms with Gasteiger partial charge in [-0.1, -0.05) is 15.9 Å². The number of anilines is 1. The molecule has 0 aliphatic rings. The summed E-state index contributed by atoms with van der Waals surface area (Å²) in [6.45, 7) is 3.32. The van der Waals surface area contributed by atoms with Gasteiger partial charge in [-0.2, -0.15) is 0 Å². The van der Waals surface area contributed by atoms with E-state index in [1.807, 2.05) is 32.2 Å². The minimum atomic E-state index is 0. The van der Waals surface area contributed by atoms with Crippen LogP contribution in [0.1, 0.15) is 19.8 Å². The lowest BCUT2D eigenvalue weighted by atomic mass is 10.2. The Bertz CT molecular complexity index is 402. The summed E-state index contributed by atoms with van der Waals surface area (Å²) < 4.78 is 6.42. The minimum absolute atomic E-state index is 0. The maximum atomic E-state index is 11.7. The van der Waals surface area contributed by atoms with Crippen LogP contribution < -0.4 is 15.4 Å². The fraction of sp³-hybridized carbons (Fsp3) is 0.462. The molecule has 1 amide bonds. The third-order valence-corrected chi connectivity index (χ3v) is 2.84. The highest BCUT2D eigenvalue weighted by molar-refractivity contribution is 9.10. The first-order valence-corrected chi connectivity index (χ1v) is 6.83. The molecule has 0 saturated carbocycles. The van der Waals surface area contributed by atoms with Crippen molar-refractivity contribution in [2.75, 3.05) is 25.5 Å². The van der Waals surface area contributed by atoms with E-state index in [2.05, 4.69) is 26.6 Å². The van der Waals surface area contributed by atoms with E-state index in [9.17, 15) is 4.79 Å². The van der Waals surface area contributed by atoms with Crippen LogP contribution in [0.4, 0.5) is 5.69 Å². The normalized spacial score (nSPS) is 9.63. The molecule has 0 aliphatic carbocycles. The van der Waals surface area contributed by atoms with Gasteiger partial charge in [-0.3, -0.25) is 4.79 Å². The van der Waals surface area contributed by atoms with E-state index in [0.29, 0.717) is 18.8 Å². The van der Waals surface area contributed by atoms with E-state index in [4.69, 9.17) is 4.74 Å². The van der Waals surface area contributed by atoms with Crippen LogP contribution in [0.5, 0.6) is 5.75 Å². The number of hydrogen-bond donors (Lipinski definition) is 2. The summed E-state index contributed by atoms with van der Waals surface area (Å²) in [6.07, 6.45) is 1.32. The zero-order chi connectivity index (χ0) is 13.4. The molecule has 19 heavy (non-hydrogen) atoms. The lowest BCUT2D eigenvalue weighted by Gasteiger charge is -2.11. The largest absolute Gasteiger partial charge is 0.492 e. The molecular formula is C13H20BrClN2O2. The molecule has 0 heterocycles. The van der Waals surface area contributed by atoms with Gasteiger partial charge in [-0.15, -0.1) is 12.4 Å². The van der Waals surface area contributed by atoms with Crippen LogP contribution >= 0.6 is 28.3 Å². The first-order valence-electron chi connectivity index (χ1n) is 6.04. The van der Waals surface area contributed by atoms with Gasteiger partial charge in [0.1, 0.15) is 5.75 Å². The van der Waals surface area contributed by atoms with Crippen LogP contribution in [0.3, 0.4) is 0 Å². The maximum absolute atomic E-state index is 11.7. The second-order valence-electron chi connectivity index (χ2n) is 3.83. The van der Waals surface area contributed by atoms with Crippen LogP contribution in [0.2, 0.25) is 0 Å². The van der Waals surface area contributed by atoms with Crippen molar-refractivity contribution < 1.29 is 9.53 Å². The van der Waals surface area contributed by atoms with Crippen molar-refractivity contribution in [1.82, 2.24) is 5.32 Å². The van der Waals surface area contributed by atoms with Crippen molar-refractivity contribution >= 4 is 39.9 Å². The summed E-state index contributed by atoms with van der Waals surface area (Å²) in [5, 5.41) is 5.88. The maximum Gasteiger partial charge on any atom is 0.224 e. The number of rotatable bonds is 7. The lowest BCUT2D eigenvalue weighted by Crippen LogP contribution is -2.15. The summed E-state index contributed by atoms with van der Waals surface area (Å²) >= 11 is 3.38. The Balaban J connectivity index is 0.00000324. The SMILES string of the molecule is CCOc1cc(Br)ccc1NC(=O)CCCNC.Cl. The van der Waals surface area contributed by atoms with E-state index in [0.717, 1.165) is 23.1 Å². The fourth-order valence-electron chi connectivity index (χ4n) is 1.51. The van der Waals surface area contributed by atoms with Gasteiger partial charge >= 0.3 is 0 Å². The molecule has 4 nitrogen and oxygen atoms in total. The number of carbonyl (C=O) groups excluding carboxylic acids is 1. The van der Waals surface area contributed by atoms with E-state index < -0.39 is 0 Å². The highest BCUT2D eigenvalue weighted by Gasteiger charge is 2.08. The Morgan fingerprint density at radius 2 is 2.16 bits per heavy atom. The molecular weight excluding hydrogens is 332 g/mol. The van der Waals surface area contributed by atoms with Crippen molar-refractivity contribution in [3.63, 3.8) is 0 Å². The van der Waals surface area contributed by atoms with E-state index in [1.54, 1.807) is 0 Å². The first-order chi connectivity index (χ1) is 8.67. The van der Waals surface area contributed by atoms with Gasteiger partial charge < -0.3 is 15.4 Å². The molecule has 0 saturated heterocycles. The van der Waals surface area contributed by atoms with Gasteiger partial charge in [-0.25, -0.2) is 0 Å². The zero-order valence-electron chi connectivity index (χ0n) is 11.2. The Morgan fingerprint density at radius 3 is 2.79 bits per heavy atom. The molecule has 0 unspecified atom stereocenters. The third kappa shape index (κ3) is 6.80. The molecule has 1 aromatic carbocycles.